The van der Waals surface area contributed by atoms with Crippen LogP contribution in [-0.2, 0) is 19.1 Å². The highest BCUT2D eigenvalue weighted by Gasteiger charge is 2.11. The number of rotatable bonds is 8. The van der Waals surface area contributed by atoms with Crippen LogP contribution in [0.2, 0.25) is 0 Å². The molecule has 2 amide bonds. The molecule has 0 atom stereocenters. The van der Waals surface area contributed by atoms with Gasteiger partial charge in [-0.2, -0.15) is 0 Å². The Kier molecular flexibility index (Phi) is 8.01. The molecule has 28 heavy (non-hydrogen) atoms. The molecule has 2 aromatic carbocycles. The summed E-state index contributed by atoms with van der Waals surface area (Å²) in [4.78, 5) is 36.2. The summed E-state index contributed by atoms with van der Waals surface area (Å²) in [6.45, 7) is 3.18. The molecule has 148 valence electrons. The fourth-order valence-electron chi connectivity index (χ4n) is 2.16. The molecule has 0 aromatic heterocycles. The molecule has 8 heteroatoms. The molecular weight excluding hydrogens is 383 g/mol. The molecule has 0 saturated carbocycles. The minimum Gasteiger partial charge on any atom is -0.455 e. The topological polar surface area (TPSA) is 84.5 Å². The molecule has 0 aliphatic heterocycles. The second-order valence-electron chi connectivity index (χ2n) is 6.05. The van der Waals surface area contributed by atoms with Crippen LogP contribution < -0.4 is 10.6 Å². The van der Waals surface area contributed by atoms with Crippen molar-refractivity contribution in [3.8, 4) is 0 Å². The molecule has 0 saturated heterocycles. The third-order valence-electron chi connectivity index (χ3n) is 3.63. The molecule has 0 fully saturated rings. The van der Waals surface area contributed by atoms with Crippen molar-refractivity contribution in [2.75, 3.05) is 24.2 Å². The normalized spacial score (nSPS) is 10.2. The fraction of sp³-hybridized carbons (Fsp3) is 0.250. The van der Waals surface area contributed by atoms with Crippen molar-refractivity contribution in [2.45, 2.75) is 18.7 Å². The number of halogens is 1. The lowest BCUT2D eigenvalue weighted by Gasteiger charge is -2.09. The Morgan fingerprint density at radius 1 is 1.04 bits per heavy atom. The fourth-order valence-corrected chi connectivity index (χ4v) is 3.08. The summed E-state index contributed by atoms with van der Waals surface area (Å²) >= 11 is 1.34. The molecule has 0 aliphatic carbocycles. The Morgan fingerprint density at radius 3 is 2.46 bits per heavy atom. The van der Waals surface area contributed by atoms with Crippen LogP contribution in [-0.4, -0.2) is 36.7 Å². The predicted octanol–water partition coefficient (Wildman–Crippen LogP) is 2.83. The zero-order chi connectivity index (χ0) is 20.5. The van der Waals surface area contributed by atoms with Gasteiger partial charge in [0.05, 0.1) is 12.3 Å². The molecule has 0 bridgehead atoms. The van der Waals surface area contributed by atoms with E-state index in [4.69, 9.17) is 4.74 Å². The molecule has 0 aliphatic rings. The van der Waals surface area contributed by atoms with E-state index in [-0.39, 0.29) is 12.3 Å². The van der Waals surface area contributed by atoms with Crippen LogP contribution in [0.5, 0.6) is 0 Å². The number of hydrogen-bond acceptors (Lipinski definition) is 5. The van der Waals surface area contributed by atoms with E-state index < -0.39 is 30.2 Å². The van der Waals surface area contributed by atoms with Gasteiger partial charge in [0.1, 0.15) is 5.82 Å². The smallest absolute Gasteiger partial charge is 0.316 e. The van der Waals surface area contributed by atoms with E-state index in [1.54, 1.807) is 0 Å². The molecule has 0 radical (unpaired) electrons. The number of aryl methyl sites for hydroxylation is 2. The zero-order valence-electron chi connectivity index (χ0n) is 15.6. The van der Waals surface area contributed by atoms with Gasteiger partial charge in [0.15, 0.2) is 6.61 Å². The van der Waals surface area contributed by atoms with E-state index in [1.807, 2.05) is 32.0 Å². The summed E-state index contributed by atoms with van der Waals surface area (Å²) in [6.07, 6.45) is 0. The van der Waals surface area contributed by atoms with Gasteiger partial charge in [0.2, 0.25) is 5.91 Å². The van der Waals surface area contributed by atoms with Crippen LogP contribution in [0.15, 0.2) is 47.4 Å². The van der Waals surface area contributed by atoms with E-state index in [2.05, 4.69) is 10.6 Å². The van der Waals surface area contributed by atoms with Crippen LogP contribution in [0.4, 0.5) is 10.1 Å². The van der Waals surface area contributed by atoms with Crippen LogP contribution in [0, 0.1) is 19.7 Å². The zero-order valence-corrected chi connectivity index (χ0v) is 16.4. The van der Waals surface area contributed by atoms with Gasteiger partial charge < -0.3 is 15.4 Å². The Hall–Kier alpha value is -2.87. The first-order chi connectivity index (χ1) is 13.3. The van der Waals surface area contributed by atoms with Gasteiger partial charge in [-0.05, 0) is 49.7 Å². The van der Waals surface area contributed by atoms with Crippen molar-refractivity contribution in [3.05, 3.63) is 59.4 Å². The summed E-state index contributed by atoms with van der Waals surface area (Å²) in [5, 5.41) is 4.86. The number of nitrogens with one attached hydrogen (secondary N) is 2. The number of carbonyl (C=O) groups is 3. The number of carbonyl (C=O) groups excluding carboxylic acids is 3. The van der Waals surface area contributed by atoms with Crippen molar-refractivity contribution in [2.24, 2.45) is 0 Å². The van der Waals surface area contributed by atoms with E-state index in [1.165, 1.54) is 36.0 Å². The molecule has 0 unspecified atom stereocenters. The van der Waals surface area contributed by atoms with Crippen molar-refractivity contribution in [1.29, 1.82) is 0 Å². The SMILES string of the molecule is Cc1ccc(C)c(SCC(=O)OCC(=O)NCC(=O)Nc2ccc(F)cc2)c1. The van der Waals surface area contributed by atoms with Crippen molar-refractivity contribution in [3.63, 3.8) is 0 Å². The first kappa shape index (κ1) is 21.4. The van der Waals surface area contributed by atoms with Gasteiger partial charge in [0.25, 0.3) is 5.91 Å². The molecule has 2 N–H and O–H groups in total. The maximum Gasteiger partial charge on any atom is 0.316 e. The Bertz CT molecular complexity index is 856. The summed E-state index contributed by atoms with van der Waals surface area (Å²) in [5.74, 6) is -1.90. The first-order valence-electron chi connectivity index (χ1n) is 8.51. The molecule has 0 heterocycles. The third-order valence-corrected chi connectivity index (χ3v) is 4.76. The van der Waals surface area contributed by atoms with Gasteiger partial charge >= 0.3 is 5.97 Å². The summed E-state index contributed by atoms with van der Waals surface area (Å²) < 4.78 is 17.7. The van der Waals surface area contributed by atoms with Crippen LogP contribution in [0.3, 0.4) is 0 Å². The molecule has 0 spiro atoms. The van der Waals surface area contributed by atoms with Gasteiger partial charge in [-0.15, -0.1) is 11.8 Å². The van der Waals surface area contributed by atoms with E-state index >= 15 is 0 Å². The van der Waals surface area contributed by atoms with Crippen molar-refractivity contribution < 1.29 is 23.5 Å². The number of ether oxygens (including phenoxy) is 1. The highest BCUT2D eigenvalue weighted by molar-refractivity contribution is 8.00. The Morgan fingerprint density at radius 2 is 1.75 bits per heavy atom. The number of thioether (sulfide) groups is 1. The number of benzene rings is 2. The molecule has 2 aromatic rings. The lowest BCUT2D eigenvalue weighted by Crippen LogP contribution is -2.35. The van der Waals surface area contributed by atoms with Crippen LogP contribution >= 0.6 is 11.8 Å². The summed E-state index contributed by atoms with van der Waals surface area (Å²) in [5.41, 5.74) is 2.57. The third kappa shape index (κ3) is 7.40. The number of amides is 2. The Labute approximate surface area is 166 Å². The van der Waals surface area contributed by atoms with E-state index in [0.29, 0.717) is 5.69 Å². The van der Waals surface area contributed by atoms with Crippen LogP contribution in [0.1, 0.15) is 11.1 Å². The molecule has 2 rings (SSSR count). The average molecular weight is 404 g/mol. The second kappa shape index (κ2) is 10.5. The van der Waals surface area contributed by atoms with Gasteiger partial charge in [0, 0.05) is 10.6 Å². The van der Waals surface area contributed by atoms with Gasteiger partial charge in [-0.1, -0.05) is 17.7 Å². The predicted molar refractivity (Wildman–Crippen MR) is 106 cm³/mol. The number of esters is 1. The quantitative estimate of drug-likeness (QED) is 0.522. The minimum atomic E-state index is -0.584. The largest absolute Gasteiger partial charge is 0.455 e. The van der Waals surface area contributed by atoms with Gasteiger partial charge in [-0.3, -0.25) is 14.4 Å². The van der Waals surface area contributed by atoms with Gasteiger partial charge in [-0.25, -0.2) is 4.39 Å². The Balaban J connectivity index is 1.65. The highest BCUT2D eigenvalue weighted by atomic mass is 32.2. The average Bonchev–Trinajstić information content (AvgIpc) is 2.67. The van der Waals surface area contributed by atoms with Crippen LogP contribution in [0.25, 0.3) is 0 Å². The minimum absolute atomic E-state index is 0.0859. The van der Waals surface area contributed by atoms with Crippen molar-refractivity contribution in [1.82, 2.24) is 5.32 Å². The van der Waals surface area contributed by atoms with E-state index in [9.17, 15) is 18.8 Å². The summed E-state index contributed by atoms with van der Waals surface area (Å²) in [6, 6.07) is 11.2. The number of anilines is 1. The van der Waals surface area contributed by atoms with Crippen molar-refractivity contribution >= 4 is 35.2 Å². The molecule has 6 nitrogen and oxygen atoms in total. The number of hydrogen-bond donors (Lipinski definition) is 2. The maximum atomic E-state index is 12.8. The lowest BCUT2D eigenvalue weighted by molar-refractivity contribution is -0.146. The monoisotopic (exact) mass is 404 g/mol. The van der Waals surface area contributed by atoms with E-state index in [0.717, 1.165) is 16.0 Å². The first-order valence-corrected chi connectivity index (χ1v) is 9.50. The second-order valence-corrected chi connectivity index (χ2v) is 7.07. The maximum absolute atomic E-state index is 12.8. The lowest BCUT2D eigenvalue weighted by atomic mass is 10.2. The summed E-state index contributed by atoms with van der Waals surface area (Å²) in [7, 11) is 0. The highest BCUT2D eigenvalue weighted by Crippen LogP contribution is 2.23. The standard InChI is InChI=1S/C20H21FN2O4S/c1-13-3-4-14(2)17(9-13)28-12-20(26)27-11-19(25)22-10-18(24)23-16-7-5-15(21)6-8-16/h3-9H,10-12H2,1-2H3,(H,22,25)(H,23,24). The molecular formula is C20H21FN2O4S.